The molecule has 1 aliphatic heterocycles. The van der Waals surface area contributed by atoms with E-state index >= 15 is 0 Å². The van der Waals surface area contributed by atoms with Crippen molar-refractivity contribution in [2.75, 3.05) is 5.32 Å². The minimum absolute atomic E-state index is 0.0357. The quantitative estimate of drug-likeness (QED) is 0.722. The van der Waals surface area contributed by atoms with Gasteiger partial charge in [-0.3, -0.25) is 19.7 Å². The molecular weight excluding hydrogens is 334 g/mol. The monoisotopic (exact) mass is 352 g/mol. The summed E-state index contributed by atoms with van der Waals surface area (Å²) in [6, 6.07) is 2.05. The Morgan fingerprint density at radius 3 is 2.40 bits per heavy atom. The van der Waals surface area contributed by atoms with Gasteiger partial charge in [-0.15, -0.1) is 0 Å². The number of carboxylic acid groups (broad SMARTS) is 1. The summed E-state index contributed by atoms with van der Waals surface area (Å²) >= 11 is 0. The van der Waals surface area contributed by atoms with E-state index in [2.05, 4.69) is 10.6 Å². The van der Waals surface area contributed by atoms with E-state index in [1.807, 2.05) is 0 Å². The van der Waals surface area contributed by atoms with Gasteiger partial charge in [0.1, 0.15) is 11.6 Å². The second kappa shape index (κ2) is 6.78. The first-order chi connectivity index (χ1) is 11.8. The number of amides is 2. The van der Waals surface area contributed by atoms with Crippen LogP contribution in [0.4, 0.5) is 14.5 Å². The van der Waals surface area contributed by atoms with Crippen LogP contribution in [-0.4, -0.2) is 28.9 Å². The van der Waals surface area contributed by atoms with Crippen LogP contribution in [0.5, 0.6) is 0 Å². The number of benzene rings is 1. The Labute approximate surface area is 142 Å². The lowest BCUT2D eigenvalue weighted by atomic mass is 9.89. The standard InChI is InChI=1S/C17H18F2N2O4/c18-12-6-10(20-9-2-1-8(5-9)17(24)25)7-13(19)15(12)11-3-4-14(22)21-16(11)23/h6-9,11,20H,1-5H2,(H,24,25)(H,21,22,23)/t8-,9+,11+/m0/s1. The van der Waals surface area contributed by atoms with Crippen LogP contribution in [0.3, 0.4) is 0 Å². The lowest BCUT2D eigenvalue weighted by molar-refractivity contribution is -0.141. The zero-order valence-corrected chi connectivity index (χ0v) is 13.4. The number of hydrogen-bond donors (Lipinski definition) is 3. The third kappa shape index (κ3) is 3.62. The molecule has 1 saturated carbocycles. The lowest BCUT2D eigenvalue weighted by Crippen LogP contribution is -2.40. The first-order valence-corrected chi connectivity index (χ1v) is 8.17. The molecule has 6 nitrogen and oxygen atoms in total. The van der Waals surface area contributed by atoms with Crippen LogP contribution in [0.15, 0.2) is 12.1 Å². The summed E-state index contributed by atoms with van der Waals surface area (Å²) in [5, 5.41) is 14.0. The molecule has 3 atom stereocenters. The summed E-state index contributed by atoms with van der Waals surface area (Å²) in [5.74, 6) is -5.21. The lowest BCUT2D eigenvalue weighted by Gasteiger charge is -2.23. The maximum absolute atomic E-state index is 14.4. The number of carboxylic acids is 1. The van der Waals surface area contributed by atoms with E-state index in [0.717, 1.165) is 12.1 Å². The maximum Gasteiger partial charge on any atom is 0.306 e. The van der Waals surface area contributed by atoms with Crippen molar-refractivity contribution in [3.63, 3.8) is 0 Å². The van der Waals surface area contributed by atoms with Gasteiger partial charge in [0.05, 0.1) is 11.8 Å². The fourth-order valence-corrected chi connectivity index (χ4v) is 3.54. The molecule has 1 aromatic carbocycles. The van der Waals surface area contributed by atoms with Gasteiger partial charge in [-0.2, -0.15) is 0 Å². The SMILES string of the molecule is O=C1CC[C@H](c2c(F)cc(N[C@@H]3CC[C@H](C(=O)O)C3)cc2F)C(=O)N1. The van der Waals surface area contributed by atoms with Crippen molar-refractivity contribution in [1.82, 2.24) is 5.32 Å². The van der Waals surface area contributed by atoms with Crippen molar-refractivity contribution in [1.29, 1.82) is 0 Å². The number of piperidine rings is 1. The summed E-state index contributed by atoms with van der Waals surface area (Å²) in [6.45, 7) is 0. The van der Waals surface area contributed by atoms with E-state index < -0.39 is 41.3 Å². The number of anilines is 1. The fraction of sp³-hybridized carbons (Fsp3) is 0.471. The van der Waals surface area contributed by atoms with E-state index in [1.165, 1.54) is 0 Å². The normalized spacial score (nSPS) is 26.4. The van der Waals surface area contributed by atoms with E-state index in [-0.39, 0.29) is 30.1 Å². The van der Waals surface area contributed by atoms with Gasteiger partial charge in [0, 0.05) is 23.7 Å². The van der Waals surface area contributed by atoms with Gasteiger partial charge >= 0.3 is 5.97 Å². The molecule has 1 aromatic rings. The highest BCUT2D eigenvalue weighted by molar-refractivity contribution is 6.01. The smallest absolute Gasteiger partial charge is 0.306 e. The zero-order chi connectivity index (χ0) is 18.1. The fourth-order valence-electron chi connectivity index (χ4n) is 3.54. The van der Waals surface area contributed by atoms with Crippen molar-refractivity contribution in [3.05, 3.63) is 29.3 Å². The number of aliphatic carboxylic acids is 1. The number of nitrogens with one attached hydrogen (secondary N) is 2. The highest BCUT2D eigenvalue weighted by Gasteiger charge is 2.33. The van der Waals surface area contributed by atoms with Crippen molar-refractivity contribution in [2.45, 2.75) is 44.1 Å². The molecule has 0 spiro atoms. The van der Waals surface area contributed by atoms with Gasteiger partial charge in [-0.1, -0.05) is 0 Å². The van der Waals surface area contributed by atoms with E-state index in [4.69, 9.17) is 5.11 Å². The number of carbonyl (C=O) groups is 3. The van der Waals surface area contributed by atoms with Gasteiger partial charge in [0.25, 0.3) is 0 Å². The predicted octanol–water partition coefficient (Wildman–Crippen LogP) is 2.15. The Kier molecular flexibility index (Phi) is 4.69. The molecule has 2 fully saturated rings. The molecule has 2 aliphatic rings. The van der Waals surface area contributed by atoms with Gasteiger partial charge in [-0.25, -0.2) is 8.78 Å². The Balaban J connectivity index is 1.76. The van der Waals surface area contributed by atoms with Crippen LogP contribution in [0.2, 0.25) is 0 Å². The summed E-state index contributed by atoms with van der Waals surface area (Å²) in [5.41, 5.74) is -0.132. The molecule has 134 valence electrons. The predicted molar refractivity (Wildman–Crippen MR) is 83.9 cm³/mol. The minimum atomic E-state index is -1.03. The summed E-state index contributed by atoms with van der Waals surface area (Å²) < 4.78 is 28.8. The van der Waals surface area contributed by atoms with Crippen LogP contribution in [0, 0.1) is 17.6 Å². The minimum Gasteiger partial charge on any atom is -0.481 e. The molecule has 1 heterocycles. The highest BCUT2D eigenvalue weighted by atomic mass is 19.1. The number of hydrogen-bond acceptors (Lipinski definition) is 4. The van der Waals surface area contributed by atoms with Crippen LogP contribution in [0.1, 0.15) is 43.6 Å². The Morgan fingerprint density at radius 2 is 1.84 bits per heavy atom. The molecule has 1 aliphatic carbocycles. The Morgan fingerprint density at radius 1 is 1.16 bits per heavy atom. The molecule has 0 unspecified atom stereocenters. The van der Waals surface area contributed by atoms with E-state index in [1.54, 1.807) is 0 Å². The van der Waals surface area contributed by atoms with E-state index in [9.17, 15) is 23.2 Å². The van der Waals surface area contributed by atoms with Gasteiger partial charge in [-0.05, 0) is 37.8 Å². The van der Waals surface area contributed by atoms with Gasteiger partial charge in [0.2, 0.25) is 11.8 Å². The maximum atomic E-state index is 14.4. The Hall–Kier alpha value is -2.51. The molecule has 0 radical (unpaired) electrons. The molecule has 0 bridgehead atoms. The highest BCUT2D eigenvalue weighted by Crippen LogP contribution is 2.33. The summed E-state index contributed by atoms with van der Waals surface area (Å²) in [7, 11) is 0. The number of carbonyl (C=O) groups excluding carboxylic acids is 2. The first kappa shape index (κ1) is 17.3. The van der Waals surface area contributed by atoms with Crippen LogP contribution in [0.25, 0.3) is 0 Å². The average Bonchev–Trinajstić information content (AvgIpc) is 2.97. The second-order valence-electron chi connectivity index (χ2n) is 6.55. The molecule has 1 saturated heterocycles. The average molecular weight is 352 g/mol. The zero-order valence-electron chi connectivity index (χ0n) is 13.4. The summed E-state index contributed by atoms with van der Waals surface area (Å²) in [4.78, 5) is 34.0. The molecule has 0 aromatic heterocycles. The molecule has 25 heavy (non-hydrogen) atoms. The largest absolute Gasteiger partial charge is 0.481 e. The van der Waals surface area contributed by atoms with Gasteiger partial charge < -0.3 is 10.4 Å². The number of imide groups is 1. The van der Waals surface area contributed by atoms with Crippen molar-refractivity contribution >= 4 is 23.5 Å². The van der Waals surface area contributed by atoms with Crippen LogP contribution < -0.4 is 10.6 Å². The topological polar surface area (TPSA) is 95.5 Å². The third-order valence-corrected chi connectivity index (χ3v) is 4.82. The van der Waals surface area contributed by atoms with Gasteiger partial charge in [0.15, 0.2) is 0 Å². The van der Waals surface area contributed by atoms with Crippen LogP contribution >= 0.6 is 0 Å². The number of halogens is 2. The molecule has 3 N–H and O–H groups in total. The van der Waals surface area contributed by atoms with E-state index in [0.29, 0.717) is 19.3 Å². The second-order valence-corrected chi connectivity index (χ2v) is 6.55. The molecular formula is C17H18F2N2O4. The van der Waals surface area contributed by atoms with Crippen LogP contribution in [-0.2, 0) is 14.4 Å². The molecule has 3 rings (SSSR count). The number of rotatable bonds is 4. The first-order valence-electron chi connectivity index (χ1n) is 8.17. The van der Waals surface area contributed by atoms with Crippen molar-refractivity contribution in [3.8, 4) is 0 Å². The van der Waals surface area contributed by atoms with Crippen molar-refractivity contribution in [2.24, 2.45) is 5.92 Å². The summed E-state index contributed by atoms with van der Waals surface area (Å²) in [6.07, 6.45) is 1.62. The Bertz CT molecular complexity index is 714. The molecule has 2 amide bonds. The van der Waals surface area contributed by atoms with Crippen molar-refractivity contribution < 1.29 is 28.3 Å². The molecule has 8 heteroatoms. The third-order valence-electron chi connectivity index (χ3n) is 4.82.